The van der Waals surface area contributed by atoms with Crippen LogP contribution in [0.5, 0.6) is 0 Å². The van der Waals surface area contributed by atoms with Crippen molar-refractivity contribution in [2.75, 3.05) is 13.1 Å². The van der Waals surface area contributed by atoms with Crippen molar-refractivity contribution in [3.05, 3.63) is 35.9 Å². The quantitative estimate of drug-likeness (QED) is 0.747. The van der Waals surface area contributed by atoms with Crippen molar-refractivity contribution in [3.63, 3.8) is 0 Å². The number of alkyl halides is 2. The first-order valence-corrected chi connectivity index (χ1v) is 4.43. The van der Waals surface area contributed by atoms with E-state index >= 15 is 0 Å². The van der Waals surface area contributed by atoms with Crippen molar-refractivity contribution in [3.8, 4) is 0 Å². The van der Waals surface area contributed by atoms with Gasteiger partial charge in [-0.05, 0) is 0 Å². The van der Waals surface area contributed by atoms with E-state index in [4.69, 9.17) is 0 Å². The van der Waals surface area contributed by atoms with Gasteiger partial charge in [0, 0.05) is 18.7 Å². The smallest absolute Gasteiger partial charge is 0.303 e. The van der Waals surface area contributed by atoms with Gasteiger partial charge in [0.05, 0.1) is 0 Å². The number of nitrogens with one attached hydrogen (secondary N) is 1. The average Bonchev–Trinajstić information content (AvgIpc) is 2.15. The van der Waals surface area contributed by atoms with Gasteiger partial charge in [-0.1, -0.05) is 30.3 Å². The molecule has 2 rings (SSSR count). The normalized spacial score (nSPS) is 20.2. The maximum Gasteiger partial charge on any atom is 0.303 e. The fourth-order valence-electron chi connectivity index (χ4n) is 1.50. The Balaban J connectivity index is 2.32. The highest BCUT2D eigenvalue weighted by molar-refractivity contribution is 5.25. The lowest BCUT2D eigenvalue weighted by atomic mass is 9.85. The summed E-state index contributed by atoms with van der Waals surface area (Å²) >= 11 is 0. The number of halogens is 2. The lowest BCUT2D eigenvalue weighted by molar-refractivity contribution is -0.209. The van der Waals surface area contributed by atoms with Gasteiger partial charge in [0.2, 0.25) is 0 Å². The standard InChI is InChI=1S/C10H11F2NO/c11-10(12,9(14)6-13-7-9)8-4-2-1-3-5-8/h1-5,13-14H,6-7H2. The van der Waals surface area contributed by atoms with Gasteiger partial charge in [0.1, 0.15) is 0 Å². The number of aliphatic hydroxyl groups is 1. The Hall–Kier alpha value is -1.00. The molecule has 0 bridgehead atoms. The fraction of sp³-hybridized carbons (Fsp3) is 0.400. The molecule has 4 heteroatoms. The Labute approximate surface area is 80.6 Å². The van der Waals surface area contributed by atoms with Crippen LogP contribution in [-0.2, 0) is 5.92 Å². The van der Waals surface area contributed by atoms with E-state index in [1.54, 1.807) is 18.2 Å². The van der Waals surface area contributed by atoms with E-state index < -0.39 is 11.5 Å². The predicted molar refractivity (Wildman–Crippen MR) is 48.2 cm³/mol. The van der Waals surface area contributed by atoms with Crippen LogP contribution in [0.4, 0.5) is 8.78 Å². The summed E-state index contributed by atoms with van der Waals surface area (Å²) in [6.45, 7) is -0.121. The fourth-order valence-corrected chi connectivity index (χ4v) is 1.50. The molecule has 1 fully saturated rings. The SMILES string of the molecule is OC1(C(F)(F)c2ccccc2)CNC1. The first-order chi connectivity index (χ1) is 6.56. The maximum absolute atomic E-state index is 13.7. The van der Waals surface area contributed by atoms with E-state index in [-0.39, 0.29) is 18.7 Å². The summed E-state index contributed by atoms with van der Waals surface area (Å²) in [5.41, 5.74) is -2.06. The van der Waals surface area contributed by atoms with E-state index in [1.165, 1.54) is 12.1 Å². The Morgan fingerprint density at radius 3 is 2.21 bits per heavy atom. The summed E-state index contributed by atoms with van der Waals surface area (Å²) in [4.78, 5) is 0. The van der Waals surface area contributed by atoms with Crippen LogP contribution in [0.15, 0.2) is 30.3 Å². The van der Waals surface area contributed by atoms with Crippen LogP contribution in [0.3, 0.4) is 0 Å². The van der Waals surface area contributed by atoms with Gasteiger partial charge in [-0.3, -0.25) is 0 Å². The van der Waals surface area contributed by atoms with E-state index in [0.717, 1.165) is 0 Å². The van der Waals surface area contributed by atoms with Crippen LogP contribution in [0, 0.1) is 0 Å². The zero-order valence-electron chi connectivity index (χ0n) is 7.50. The molecule has 0 aliphatic carbocycles. The second-order valence-corrected chi connectivity index (χ2v) is 3.58. The minimum absolute atomic E-state index is 0.0606. The highest BCUT2D eigenvalue weighted by Gasteiger charge is 2.57. The number of β-amino-alcohol motifs (C(OH)–C–C–N with tert-alkyl or cyclic N) is 1. The Morgan fingerprint density at radius 2 is 1.79 bits per heavy atom. The Kier molecular flexibility index (Phi) is 2.05. The van der Waals surface area contributed by atoms with Gasteiger partial charge in [0.25, 0.3) is 0 Å². The molecule has 2 nitrogen and oxygen atoms in total. The molecular weight excluding hydrogens is 188 g/mol. The van der Waals surface area contributed by atoms with E-state index in [0.29, 0.717) is 0 Å². The molecule has 1 aromatic carbocycles. The van der Waals surface area contributed by atoms with Crippen LogP contribution in [-0.4, -0.2) is 23.8 Å². The van der Waals surface area contributed by atoms with Crippen LogP contribution in [0.25, 0.3) is 0 Å². The molecule has 76 valence electrons. The molecule has 0 unspecified atom stereocenters. The minimum Gasteiger partial charge on any atom is -0.380 e. The third-order valence-electron chi connectivity index (χ3n) is 2.56. The first kappa shape index (κ1) is 9.55. The molecule has 0 atom stereocenters. The third-order valence-corrected chi connectivity index (χ3v) is 2.56. The zero-order valence-corrected chi connectivity index (χ0v) is 7.50. The highest BCUT2D eigenvalue weighted by atomic mass is 19.3. The molecule has 2 N–H and O–H groups in total. The van der Waals surface area contributed by atoms with Crippen LogP contribution < -0.4 is 5.32 Å². The molecule has 14 heavy (non-hydrogen) atoms. The van der Waals surface area contributed by atoms with Crippen LogP contribution in [0.2, 0.25) is 0 Å². The van der Waals surface area contributed by atoms with Gasteiger partial charge in [-0.15, -0.1) is 0 Å². The van der Waals surface area contributed by atoms with Crippen molar-refractivity contribution >= 4 is 0 Å². The number of hydrogen-bond acceptors (Lipinski definition) is 2. The molecule has 0 spiro atoms. The van der Waals surface area contributed by atoms with Crippen LogP contribution >= 0.6 is 0 Å². The topological polar surface area (TPSA) is 32.3 Å². The first-order valence-electron chi connectivity index (χ1n) is 4.43. The summed E-state index contributed by atoms with van der Waals surface area (Å²) in [6, 6.07) is 7.41. The molecule has 0 radical (unpaired) electrons. The number of hydrogen-bond donors (Lipinski definition) is 2. The predicted octanol–water partition coefficient (Wildman–Crippen LogP) is 1.11. The molecule has 1 aliphatic heterocycles. The minimum atomic E-state index is -3.18. The summed E-state index contributed by atoms with van der Waals surface area (Å²) in [6.07, 6.45) is 0. The molecule has 1 heterocycles. The molecule has 1 saturated heterocycles. The Bertz CT molecular complexity index is 322. The van der Waals surface area contributed by atoms with Crippen molar-refractivity contribution < 1.29 is 13.9 Å². The average molecular weight is 199 g/mol. The van der Waals surface area contributed by atoms with Gasteiger partial charge in [0.15, 0.2) is 5.60 Å². The third kappa shape index (κ3) is 1.22. The number of benzene rings is 1. The van der Waals surface area contributed by atoms with Crippen molar-refractivity contribution in [2.45, 2.75) is 11.5 Å². The van der Waals surface area contributed by atoms with E-state index in [2.05, 4.69) is 5.32 Å². The molecule has 0 amide bonds. The van der Waals surface area contributed by atoms with Gasteiger partial charge >= 0.3 is 5.92 Å². The second-order valence-electron chi connectivity index (χ2n) is 3.58. The summed E-state index contributed by atoms with van der Waals surface area (Å²) in [5, 5.41) is 12.2. The highest BCUT2D eigenvalue weighted by Crippen LogP contribution is 2.40. The lowest BCUT2D eigenvalue weighted by Gasteiger charge is -2.43. The van der Waals surface area contributed by atoms with Gasteiger partial charge < -0.3 is 10.4 Å². The van der Waals surface area contributed by atoms with Gasteiger partial charge in [-0.2, -0.15) is 8.78 Å². The zero-order chi connectivity index (χ0) is 10.2. The van der Waals surface area contributed by atoms with Crippen LogP contribution in [0.1, 0.15) is 5.56 Å². The van der Waals surface area contributed by atoms with Crippen molar-refractivity contribution in [1.29, 1.82) is 0 Å². The summed E-state index contributed by atoms with van der Waals surface area (Å²) in [5.74, 6) is -3.18. The number of rotatable bonds is 2. The Morgan fingerprint density at radius 1 is 1.21 bits per heavy atom. The largest absolute Gasteiger partial charge is 0.380 e. The van der Waals surface area contributed by atoms with E-state index in [1.807, 2.05) is 0 Å². The summed E-state index contributed by atoms with van der Waals surface area (Å²) in [7, 11) is 0. The van der Waals surface area contributed by atoms with E-state index in [9.17, 15) is 13.9 Å². The summed E-state index contributed by atoms with van der Waals surface area (Å²) < 4.78 is 27.4. The molecular formula is C10H11F2NO. The molecule has 0 aromatic heterocycles. The molecule has 1 aliphatic rings. The maximum atomic E-state index is 13.7. The molecule has 0 saturated carbocycles. The van der Waals surface area contributed by atoms with Crippen molar-refractivity contribution in [1.82, 2.24) is 5.32 Å². The lowest BCUT2D eigenvalue weighted by Crippen LogP contribution is -2.67. The monoisotopic (exact) mass is 199 g/mol. The van der Waals surface area contributed by atoms with Crippen molar-refractivity contribution in [2.24, 2.45) is 0 Å². The van der Waals surface area contributed by atoms with Gasteiger partial charge in [-0.25, -0.2) is 0 Å². The second kappa shape index (κ2) is 3.00. The molecule has 1 aromatic rings.